The highest BCUT2D eigenvalue weighted by atomic mass is 16.6. The molecule has 0 saturated carbocycles. The highest BCUT2D eigenvalue weighted by Crippen LogP contribution is 2.19. The second kappa shape index (κ2) is 8.71. The molecule has 0 radical (unpaired) electrons. The van der Waals surface area contributed by atoms with Gasteiger partial charge < -0.3 is 19.9 Å². The van der Waals surface area contributed by atoms with Crippen molar-refractivity contribution in [2.75, 3.05) is 6.50 Å². The van der Waals surface area contributed by atoms with Crippen LogP contribution in [0, 0.1) is 0 Å². The molecule has 0 spiro atoms. The molecule has 0 aromatic heterocycles. The lowest BCUT2D eigenvalue weighted by molar-refractivity contribution is -0.142. The maximum Gasteiger partial charge on any atom is 0.422 e. The topological polar surface area (TPSA) is 108 Å². The van der Waals surface area contributed by atoms with Crippen LogP contribution in [0.1, 0.15) is 57.1 Å². The third-order valence-electron chi connectivity index (χ3n) is 2.22. The molecular weight excluding hydrogens is 304 g/mol. The average molecular weight is 334 g/mol. The van der Waals surface area contributed by atoms with E-state index in [1.807, 2.05) is 0 Å². The number of rotatable bonds is 6. The molecule has 0 aromatic rings. The van der Waals surface area contributed by atoms with Crippen LogP contribution in [0.15, 0.2) is 0 Å². The Morgan fingerprint density at radius 2 is 1.57 bits per heavy atom. The molecule has 0 saturated heterocycles. The van der Waals surface area contributed by atoms with Crippen molar-refractivity contribution in [1.82, 2.24) is 4.90 Å². The van der Waals surface area contributed by atoms with E-state index >= 15 is 0 Å². The summed E-state index contributed by atoms with van der Waals surface area (Å²) in [6.45, 7) is 7.60. The molecule has 0 aliphatic heterocycles. The maximum atomic E-state index is 12.4. The minimum Gasteiger partial charge on any atom is -0.443 e. The van der Waals surface area contributed by atoms with E-state index < -0.39 is 36.1 Å². The first-order chi connectivity index (χ1) is 11.1. The molecule has 2 amide bonds. The fraction of sp³-hybridized carbons (Fsp3) is 0.800. The summed E-state index contributed by atoms with van der Waals surface area (Å²) < 4.78 is 29.8. The van der Waals surface area contributed by atoms with Crippen LogP contribution in [0.5, 0.6) is 0 Å². The lowest BCUT2D eigenvalue weighted by Gasteiger charge is -2.32. The van der Waals surface area contributed by atoms with Crippen molar-refractivity contribution in [2.45, 2.75) is 71.8 Å². The van der Waals surface area contributed by atoms with Crippen LogP contribution in [0.4, 0.5) is 9.59 Å². The summed E-state index contributed by atoms with van der Waals surface area (Å²) in [6.07, 6.45) is -4.06. The van der Waals surface area contributed by atoms with Crippen molar-refractivity contribution >= 4 is 18.7 Å². The van der Waals surface area contributed by atoms with E-state index in [0.29, 0.717) is 4.90 Å². The summed E-state index contributed by atoms with van der Waals surface area (Å²) in [4.78, 5) is 36.1. The number of carbonyl (C=O) groups excluding carboxylic acids is 3. The molecule has 0 aromatic carbocycles. The molecule has 23 heavy (non-hydrogen) atoms. The van der Waals surface area contributed by atoms with Gasteiger partial charge in [-0.2, -0.15) is 4.90 Å². The highest BCUT2D eigenvalue weighted by Gasteiger charge is 2.37. The zero-order chi connectivity index (χ0) is 20.1. The molecule has 8 nitrogen and oxygen atoms in total. The summed E-state index contributed by atoms with van der Waals surface area (Å²) in [7, 11) is 0. The number of nitrogens with two attached hydrogens (primary N) is 1. The van der Waals surface area contributed by atoms with E-state index in [4.69, 9.17) is 22.7 Å². The van der Waals surface area contributed by atoms with Crippen molar-refractivity contribution in [3.05, 3.63) is 0 Å². The van der Waals surface area contributed by atoms with Gasteiger partial charge in [-0.25, -0.2) is 9.59 Å². The van der Waals surface area contributed by atoms with Crippen LogP contribution in [-0.2, 0) is 19.0 Å². The standard InChI is InChI=1S/C15H28N2O6/c1-14(2,3)22-12(19)17(13(20)23-15(4,5)6)11(21-10-18)8-7-9-16/h10-11H,7-9,16H2,1-6H3/t11-/m1/s1/i9D2. The van der Waals surface area contributed by atoms with Gasteiger partial charge in [0.1, 0.15) is 11.2 Å². The molecule has 0 fully saturated rings. The van der Waals surface area contributed by atoms with Gasteiger partial charge in [0.05, 0.1) is 0 Å². The van der Waals surface area contributed by atoms with Crippen LogP contribution >= 0.6 is 0 Å². The van der Waals surface area contributed by atoms with Gasteiger partial charge in [0.25, 0.3) is 6.47 Å². The summed E-state index contributed by atoms with van der Waals surface area (Å²) in [5.74, 6) is 0. The van der Waals surface area contributed by atoms with Crippen LogP contribution in [-0.4, -0.2) is 47.5 Å². The van der Waals surface area contributed by atoms with Crippen LogP contribution in [0.3, 0.4) is 0 Å². The average Bonchev–Trinajstić information content (AvgIpc) is 2.30. The van der Waals surface area contributed by atoms with Gasteiger partial charge in [-0.3, -0.25) is 4.79 Å². The van der Waals surface area contributed by atoms with Gasteiger partial charge in [-0.15, -0.1) is 0 Å². The van der Waals surface area contributed by atoms with Gasteiger partial charge in [0, 0.05) is 9.16 Å². The van der Waals surface area contributed by atoms with Crippen molar-refractivity contribution < 1.29 is 31.3 Å². The second-order valence-electron chi connectivity index (χ2n) is 6.76. The molecule has 134 valence electrons. The summed E-state index contributed by atoms with van der Waals surface area (Å²) in [6, 6.07) is 0. The largest absolute Gasteiger partial charge is 0.443 e. The first-order valence-electron chi connectivity index (χ1n) is 8.19. The van der Waals surface area contributed by atoms with Crippen molar-refractivity contribution in [1.29, 1.82) is 0 Å². The number of carbonyl (C=O) groups is 3. The molecule has 0 rings (SSSR count). The van der Waals surface area contributed by atoms with Crippen molar-refractivity contribution in [3.8, 4) is 0 Å². The van der Waals surface area contributed by atoms with Gasteiger partial charge in [-0.05, 0) is 54.5 Å². The minimum absolute atomic E-state index is 0.0541. The number of imide groups is 1. The van der Waals surface area contributed by atoms with Crippen molar-refractivity contribution in [2.24, 2.45) is 5.73 Å². The SMILES string of the molecule is [2H]C([2H])(N)CC[C@@H](OC=O)N(C(=O)OC(C)(C)C)C(=O)OC(C)(C)C. The Morgan fingerprint density at radius 3 is 1.87 bits per heavy atom. The number of amides is 2. The minimum atomic E-state index is -2.07. The summed E-state index contributed by atoms with van der Waals surface area (Å²) in [5, 5.41) is 0. The van der Waals surface area contributed by atoms with Gasteiger partial charge in [0.15, 0.2) is 6.23 Å². The predicted molar refractivity (Wildman–Crippen MR) is 83.5 cm³/mol. The van der Waals surface area contributed by atoms with Crippen LogP contribution in [0.2, 0.25) is 0 Å². The normalized spacial score (nSPS) is 14.9. The molecule has 0 unspecified atom stereocenters. The van der Waals surface area contributed by atoms with Gasteiger partial charge in [-0.1, -0.05) is 0 Å². The van der Waals surface area contributed by atoms with E-state index in [0.717, 1.165) is 0 Å². The smallest absolute Gasteiger partial charge is 0.422 e. The highest BCUT2D eigenvalue weighted by molar-refractivity contribution is 5.88. The molecule has 2 N–H and O–H groups in total. The second-order valence-corrected chi connectivity index (χ2v) is 6.76. The number of nitrogens with zero attached hydrogens (tertiary/aromatic N) is 1. The zero-order valence-corrected chi connectivity index (χ0v) is 14.5. The van der Waals surface area contributed by atoms with Crippen molar-refractivity contribution in [3.63, 3.8) is 0 Å². The third kappa shape index (κ3) is 9.02. The Balaban J connectivity index is 5.57. The lowest BCUT2D eigenvalue weighted by Crippen LogP contribution is -2.50. The van der Waals surface area contributed by atoms with Crippen LogP contribution in [0.25, 0.3) is 0 Å². The number of ether oxygens (including phenoxy) is 3. The monoisotopic (exact) mass is 334 g/mol. The maximum absolute atomic E-state index is 12.4. The Hall–Kier alpha value is -1.83. The summed E-state index contributed by atoms with van der Waals surface area (Å²) >= 11 is 0. The first kappa shape index (κ1) is 17.5. The Morgan fingerprint density at radius 1 is 1.13 bits per heavy atom. The van der Waals surface area contributed by atoms with E-state index in [-0.39, 0.29) is 19.3 Å². The van der Waals surface area contributed by atoms with E-state index in [1.165, 1.54) is 0 Å². The third-order valence-corrected chi connectivity index (χ3v) is 2.22. The fourth-order valence-corrected chi connectivity index (χ4v) is 1.46. The molecule has 0 aliphatic carbocycles. The molecule has 8 heteroatoms. The van der Waals surface area contributed by atoms with Gasteiger partial charge in [0.2, 0.25) is 0 Å². The molecule has 0 bridgehead atoms. The molecular formula is C15H28N2O6. The quantitative estimate of drug-likeness (QED) is 0.451. The first-order valence-corrected chi connectivity index (χ1v) is 7.19. The molecule has 0 aliphatic rings. The number of hydrogen-bond donors (Lipinski definition) is 1. The predicted octanol–water partition coefficient (Wildman–Crippen LogP) is 2.40. The Bertz CT molecular complexity index is 452. The zero-order valence-electron chi connectivity index (χ0n) is 16.5. The number of hydrogen-bond acceptors (Lipinski definition) is 7. The summed E-state index contributed by atoms with van der Waals surface area (Å²) in [5.41, 5.74) is 3.45. The van der Waals surface area contributed by atoms with Gasteiger partial charge >= 0.3 is 12.2 Å². The molecule has 1 atom stereocenters. The lowest BCUT2D eigenvalue weighted by atomic mass is 10.2. The molecule has 0 heterocycles. The fourth-order valence-electron chi connectivity index (χ4n) is 1.46. The van der Waals surface area contributed by atoms with E-state index in [9.17, 15) is 14.4 Å². The van der Waals surface area contributed by atoms with E-state index in [1.54, 1.807) is 41.5 Å². The Labute approximate surface area is 140 Å². The van der Waals surface area contributed by atoms with E-state index in [2.05, 4.69) is 0 Å². The Kier molecular flexibility index (Phi) is 6.64. The van der Waals surface area contributed by atoms with Crippen LogP contribution < -0.4 is 5.73 Å².